The highest BCUT2D eigenvalue weighted by atomic mass is 79.9. The van der Waals surface area contributed by atoms with Gasteiger partial charge in [-0.05, 0) is 39.9 Å². The first-order valence-electron chi connectivity index (χ1n) is 7.88. The van der Waals surface area contributed by atoms with E-state index < -0.39 is 6.04 Å². The summed E-state index contributed by atoms with van der Waals surface area (Å²) in [6, 6.07) is 3.13. The van der Waals surface area contributed by atoms with Crippen molar-refractivity contribution in [3.8, 4) is 0 Å². The molecule has 0 saturated heterocycles. The maximum Gasteiger partial charge on any atom is 0.328 e. The minimum absolute atomic E-state index is 0.0288. The Balaban J connectivity index is 3.05. The first kappa shape index (κ1) is 19.6. The molecule has 23 heavy (non-hydrogen) atoms. The van der Waals surface area contributed by atoms with Crippen molar-refractivity contribution in [3.63, 3.8) is 0 Å². The fraction of sp³-hybridized carbons (Fsp3) is 0.588. The fourth-order valence-electron chi connectivity index (χ4n) is 2.39. The van der Waals surface area contributed by atoms with Gasteiger partial charge in [-0.2, -0.15) is 0 Å². The summed E-state index contributed by atoms with van der Waals surface area (Å²) in [6.07, 6.45) is 3.88. The maximum atomic E-state index is 12.6. The zero-order valence-corrected chi connectivity index (χ0v) is 15.8. The molecule has 1 aromatic rings. The summed E-state index contributed by atoms with van der Waals surface area (Å²) in [5.74, 6) is -0.440. The lowest BCUT2D eigenvalue weighted by Gasteiger charge is -2.32. The van der Waals surface area contributed by atoms with Crippen molar-refractivity contribution in [1.82, 2.24) is 9.88 Å². The van der Waals surface area contributed by atoms with Gasteiger partial charge < -0.3 is 9.64 Å². The summed E-state index contributed by atoms with van der Waals surface area (Å²) in [5.41, 5.74) is 0.882. The second kappa shape index (κ2) is 9.65. The quantitative estimate of drug-likeness (QED) is 0.507. The standard InChI is InChI=1S/C17H25BrN2O3/c1-5-6-7-15(21)20(16(12(2)3)17(22)23-4)11-13-8-9-14(18)19-10-13/h8-10,12,16H,5-7,11H2,1-4H3/t16-/m0/s1. The fourth-order valence-corrected chi connectivity index (χ4v) is 2.62. The summed E-state index contributed by atoms with van der Waals surface area (Å²) in [4.78, 5) is 30.6. The predicted octanol–water partition coefficient (Wildman–Crippen LogP) is 3.56. The molecule has 0 aliphatic carbocycles. The van der Waals surface area contributed by atoms with Crippen molar-refractivity contribution in [1.29, 1.82) is 0 Å². The Hall–Kier alpha value is -1.43. The van der Waals surface area contributed by atoms with Gasteiger partial charge in [-0.3, -0.25) is 4.79 Å². The monoisotopic (exact) mass is 384 g/mol. The van der Waals surface area contributed by atoms with Crippen LogP contribution >= 0.6 is 15.9 Å². The van der Waals surface area contributed by atoms with Crippen molar-refractivity contribution < 1.29 is 14.3 Å². The molecule has 0 saturated carbocycles. The Morgan fingerprint density at radius 3 is 2.52 bits per heavy atom. The van der Waals surface area contributed by atoms with Crippen LogP contribution in [-0.4, -0.2) is 34.9 Å². The van der Waals surface area contributed by atoms with E-state index >= 15 is 0 Å². The molecule has 0 bridgehead atoms. The minimum Gasteiger partial charge on any atom is -0.467 e. The number of carbonyl (C=O) groups excluding carboxylic acids is 2. The Kier molecular flexibility index (Phi) is 8.23. The van der Waals surface area contributed by atoms with Crippen LogP contribution in [-0.2, 0) is 20.9 Å². The van der Waals surface area contributed by atoms with E-state index in [4.69, 9.17) is 4.74 Å². The number of amides is 1. The SMILES string of the molecule is CCCCC(=O)N(Cc1ccc(Br)nc1)[C@H](C(=O)OC)C(C)C. The van der Waals surface area contributed by atoms with Crippen LogP contribution in [0.1, 0.15) is 45.6 Å². The normalized spacial score (nSPS) is 12.1. The molecule has 0 radical (unpaired) electrons. The van der Waals surface area contributed by atoms with Crippen molar-refractivity contribution >= 4 is 27.8 Å². The van der Waals surface area contributed by atoms with Crippen molar-refractivity contribution in [2.45, 2.75) is 52.6 Å². The number of hydrogen-bond acceptors (Lipinski definition) is 4. The van der Waals surface area contributed by atoms with E-state index in [2.05, 4.69) is 20.9 Å². The molecule has 0 spiro atoms. The second-order valence-electron chi connectivity index (χ2n) is 5.83. The van der Waals surface area contributed by atoms with E-state index in [9.17, 15) is 9.59 Å². The van der Waals surface area contributed by atoms with Crippen LogP contribution in [0.25, 0.3) is 0 Å². The number of pyridine rings is 1. The Morgan fingerprint density at radius 1 is 1.35 bits per heavy atom. The van der Waals surface area contributed by atoms with Crippen LogP contribution in [0.2, 0.25) is 0 Å². The van der Waals surface area contributed by atoms with Crippen molar-refractivity contribution in [2.24, 2.45) is 5.92 Å². The number of halogens is 1. The van der Waals surface area contributed by atoms with E-state index in [1.165, 1.54) is 7.11 Å². The van der Waals surface area contributed by atoms with Crippen LogP contribution in [0, 0.1) is 5.92 Å². The molecule has 1 rings (SSSR count). The average molecular weight is 385 g/mol. The third-order valence-electron chi connectivity index (χ3n) is 3.62. The summed E-state index contributed by atoms with van der Waals surface area (Å²) < 4.78 is 5.64. The van der Waals surface area contributed by atoms with E-state index in [0.29, 0.717) is 13.0 Å². The highest BCUT2D eigenvalue weighted by Gasteiger charge is 2.33. The van der Waals surface area contributed by atoms with Gasteiger partial charge in [-0.15, -0.1) is 0 Å². The van der Waals surface area contributed by atoms with Crippen molar-refractivity contribution in [3.05, 3.63) is 28.5 Å². The molecule has 0 aliphatic rings. The topological polar surface area (TPSA) is 59.5 Å². The van der Waals surface area contributed by atoms with Crippen LogP contribution in [0.5, 0.6) is 0 Å². The zero-order valence-electron chi connectivity index (χ0n) is 14.2. The predicted molar refractivity (Wildman–Crippen MR) is 92.7 cm³/mol. The average Bonchev–Trinajstić information content (AvgIpc) is 2.53. The summed E-state index contributed by atoms with van der Waals surface area (Å²) >= 11 is 3.30. The Morgan fingerprint density at radius 2 is 2.04 bits per heavy atom. The third-order valence-corrected chi connectivity index (χ3v) is 4.09. The lowest BCUT2D eigenvalue weighted by molar-refractivity contribution is -0.155. The number of nitrogens with zero attached hydrogens (tertiary/aromatic N) is 2. The van der Waals surface area contributed by atoms with Crippen LogP contribution < -0.4 is 0 Å². The van der Waals surface area contributed by atoms with E-state index in [1.807, 2.05) is 32.9 Å². The molecule has 1 atom stereocenters. The molecule has 0 unspecified atom stereocenters. The number of esters is 1. The molecule has 5 nitrogen and oxygen atoms in total. The van der Waals surface area contributed by atoms with Gasteiger partial charge in [0.05, 0.1) is 7.11 Å². The summed E-state index contributed by atoms with van der Waals surface area (Å²) in [6.45, 7) is 6.22. The van der Waals surface area contributed by atoms with Gasteiger partial charge in [0, 0.05) is 19.2 Å². The number of methoxy groups -OCH3 is 1. The molecule has 6 heteroatoms. The largest absolute Gasteiger partial charge is 0.467 e. The zero-order chi connectivity index (χ0) is 17.4. The summed E-state index contributed by atoms with van der Waals surface area (Å²) in [5, 5.41) is 0. The number of ether oxygens (including phenoxy) is 1. The first-order chi connectivity index (χ1) is 10.9. The van der Waals surface area contributed by atoms with Crippen LogP contribution in [0.4, 0.5) is 0 Å². The lowest BCUT2D eigenvalue weighted by Crippen LogP contribution is -2.48. The second-order valence-corrected chi connectivity index (χ2v) is 6.64. The maximum absolute atomic E-state index is 12.6. The van der Waals surface area contributed by atoms with E-state index in [1.54, 1.807) is 11.1 Å². The van der Waals surface area contributed by atoms with E-state index in [0.717, 1.165) is 23.0 Å². The summed E-state index contributed by atoms with van der Waals surface area (Å²) in [7, 11) is 1.35. The third kappa shape index (κ3) is 5.94. The molecule has 1 heterocycles. The molecule has 0 fully saturated rings. The Labute approximate surface area is 146 Å². The number of rotatable bonds is 8. The van der Waals surface area contributed by atoms with Gasteiger partial charge in [0.2, 0.25) is 5.91 Å². The van der Waals surface area contributed by atoms with Gasteiger partial charge in [0.15, 0.2) is 0 Å². The van der Waals surface area contributed by atoms with Gasteiger partial charge in [-0.1, -0.05) is 33.3 Å². The first-order valence-corrected chi connectivity index (χ1v) is 8.67. The molecule has 0 aromatic carbocycles. The van der Waals surface area contributed by atoms with E-state index in [-0.39, 0.29) is 17.8 Å². The minimum atomic E-state index is -0.590. The van der Waals surface area contributed by atoms with Gasteiger partial charge in [0.1, 0.15) is 10.6 Å². The number of carbonyl (C=O) groups is 2. The lowest BCUT2D eigenvalue weighted by atomic mass is 10.0. The molecule has 0 aliphatic heterocycles. The van der Waals surface area contributed by atoms with Gasteiger partial charge >= 0.3 is 5.97 Å². The molecular formula is C17H25BrN2O3. The molecule has 1 aromatic heterocycles. The molecule has 0 N–H and O–H groups in total. The number of unbranched alkanes of at least 4 members (excludes halogenated alkanes) is 1. The van der Waals surface area contributed by atoms with Gasteiger partial charge in [-0.25, -0.2) is 9.78 Å². The highest BCUT2D eigenvalue weighted by molar-refractivity contribution is 9.10. The smallest absolute Gasteiger partial charge is 0.328 e. The molecule has 128 valence electrons. The van der Waals surface area contributed by atoms with Gasteiger partial charge in [0.25, 0.3) is 0 Å². The number of hydrogen-bond donors (Lipinski definition) is 0. The van der Waals surface area contributed by atoms with Crippen LogP contribution in [0.3, 0.4) is 0 Å². The molecular weight excluding hydrogens is 360 g/mol. The van der Waals surface area contributed by atoms with Crippen LogP contribution in [0.15, 0.2) is 22.9 Å². The van der Waals surface area contributed by atoms with Crippen molar-refractivity contribution in [2.75, 3.05) is 7.11 Å². The highest BCUT2D eigenvalue weighted by Crippen LogP contribution is 2.19. The number of aromatic nitrogens is 1. The molecule has 1 amide bonds. The Bertz CT molecular complexity index is 517.